The summed E-state index contributed by atoms with van der Waals surface area (Å²) in [4.78, 5) is 30.0. The molecule has 4 rings (SSSR count). The second kappa shape index (κ2) is 10.7. The van der Waals surface area contributed by atoms with Crippen LogP contribution in [-0.4, -0.2) is 42.8 Å². The number of carbonyl (C=O) groups excluding carboxylic acids is 1. The number of aromatic amines is 1. The van der Waals surface area contributed by atoms with E-state index in [2.05, 4.69) is 32.5 Å². The van der Waals surface area contributed by atoms with Crippen molar-refractivity contribution < 1.29 is 9.53 Å². The highest BCUT2D eigenvalue weighted by Gasteiger charge is 2.19. The standard InChI is InChI=1S/C25H26N6O3/c1-3-5-11-22-26-15-21(25(33)34-4-2)24(32)31(22)16-17-12-13-19(18-9-7-6-8-10-18)20(14-17)23-27-29-30-28-23/h6-10,12-15H,3-5,11,16H2,1-2H3,(H,27,28,29,30). The maximum atomic E-state index is 13.3. The van der Waals surface area contributed by atoms with Crippen LogP contribution in [-0.2, 0) is 17.7 Å². The van der Waals surface area contributed by atoms with Gasteiger partial charge < -0.3 is 4.74 Å². The summed E-state index contributed by atoms with van der Waals surface area (Å²) in [6.45, 7) is 4.21. The number of ether oxygens (including phenoxy) is 1. The first-order valence-corrected chi connectivity index (χ1v) is 11.3. The van der Waals surface area contributed by atoms with E-state index in [0.29, 0.717) is 18.1 Å². The van der Waals surface area contributed by atoms with Crippen LogP contribution in [0.1, 0.15) is 48.4 Å². The lowest BCUT2D eigenvalue weighted by Gasteiger charge is -2.15. The second-order valence-electron chi connectivity index (χ2n) is 7.78. The fraction of sp³-hybridized carbons (Fsp3) is 0.280. The van der Waals surface area contributed by atoms with Crippen molar-refractivity contribution in [3.05, 3.63) is 82.0 Å². The highest BCUT2D eigenvalue weighted by atomic mass is 16.5. The zero-order valence-electron chi connectivity index (χ0n) is 19.2. The normalized spacial score (nSPS) is 10.9. The van der Waals surface area contributed by atoms with Crippen LogP contribution in [0.3, 0.4) is 0 Å². The quantitative estimate of drug-likeness (QED) is 0.381. The second-order valence-corrected chi connectivity index (χ2v) is 7.78. The average molecular weight is 459 g/mol. The molecule has 0 bridgehead atoms. The lowest BCUT2D eigenvalue weighted by Crippen LogP contribution is -2.31. The number of rotatable bonds is 9. The van der Waals surface area contributed by atoms with Crippen molar-refractivity contribution in [2.24, 2.45) is 0 Å². The summed E-state index contributed by atoms with van der Waals surface area (Å²) in [7, 11) is 0. The molecule has 0 aliphatic rings. The minimum absolute atomic E-state index is 0.0682. The van der Waals surface area contributed by atoms with Crippen LogP contribution >= 0.6 is 0 Å². The van der Waals surface area contributed by atoms with Gasteiger partial charge in [-0.3, -0.25) is 9.36 Å². The smallest absolute Gasteiger partial charge is 0.345 e. The number of unbranched alkanes of at least 4 members (excludes halogenated alkanes) is 1. The first-order chi connectivity index (χ1) is 16.6. The molecule has 0 unspecified atom stereocenters. The number of nitrogens with zero attached hydrogens (tertiary/aromatic N) is 5. The molecule has 0 spiro atoms. The van der Waals surface area contributed by atoms with E-state index in [0.717, 1.165) is 35.1 Å². The van der Waals surface area contributed by atoms with E-state index >= 15 is 0 Å². The highest BCUT2D eigenvalue weighted by molar-refractivity contribution is 5.88. The van der Waals surface area contributed by atoms with Crippen molar-refractivity contribution in [1.29, 1.82) is 0 Å². The minimum atomic E-state index is -0.664. The van der Waals surface area contributed by atoms with E-state index in [4.69, 9.17) is 4.74 Å². The molecule has 0 radical (unpaired) electrons. The molecule has 0 atom stereocenters. The van der Waals surface area contributed by atoms with Gasteiger partial charge in [0.05, 0.1) is 13.2 Å². The van der Waals surface area contributed by atoms with Gasteiger partial charge in [0.25, 0.3) is 5.56 Å². The van der Waals surface area contributed by atoms with Gasteiger partial charge in [-0.2, -0.15) is 5.21 Å². The number of carbonyl (C=O) groups is 1. The molecule has 34 heavy (non-hydrogen) atoms. The first kappa shape index (κ1) is 23.0. The maximum absolute atomic E-state index is 13.3. The molecule has 0 aliphatic heterocycles. The Balaban J connectivity index is 1.79. The van der Waals surface area contributed by atoms with E-state index < -0.39 is 11.5 Å². The molecule has 2 aromatic heterocycles. The summed E-state index contributed by atoms with van der Waals surface area (Å²) in [5, 5.41) is 14.5. The summed E-state index contributed by atoms with van der Waals surface area (Å²) in [6, 6.07) is 15.8. The van der Waals surface area contributed by atoms with Crippen LogP contribution in [0.4, 0.5) is 0 Å². The van der Waals surface area contributed by atoms with Gasteiger partial charge in [-0.15, -0.1) is 10.2 Å². The van der Waals surface area contributed by atoms with Crippen molar-refractivity contribution in [1.82, 2.24) is 30.2 Å². The molecule has 174 valence electrons. The number of benzene rings is 2. The first-order valence-electron chi connectivity index (χ1n) is 11.3. The Morgan fingerprint density at radius 1 is 1.09 bits per heavy atom. The Bertz CT molecular complexity index is 1320. The van der Waals surface area contributed by atoms with E-state index in [1.165, 1.54) is 6.20 Å². The SMILES string of the molecule is CCCCc1ncc(C(=O)OCC)c(=O)n1Cc1ccc(-c2ccccc2)c(-c2nn[nH]n2)c1. The van der Waals surface area contributed by atoms with E-state index in [9.17, 15) is 9.59 Å². The molecular weight excluding hydrogens is 432 g/mol. The number of H-pyrrole nitrogens is 1. The molecule has 0 aliphatic carbocycles. The fourth-order valence-corrected chi connectivity index (χ4v) is 3.78. The topological polar surface area (TPSA) is 116 Å². The van der Waals surface area contributed by atoms with Gasteiger partial charge in [0.15, 0.2) is 0 Å². The van der Waals surface area contributed by atoms with Gasteiger partial charge in [0.1, 0.15) is 11.4 Å². The average Bonchev–Trinajstić information content (AvgIpc) is 3.40. The van der Waals surface area contributed by atoms with Crippen molar-refractivity contribution in [2.45, 2.75) is 39.7 Å². The predicted octanol–water partition coefficient (Wildman–Crippen LogP) is 3.66. The predicted molar refractivity (Wildman–Crippen MR) is 127 cm³/mol. The molecule has 2 heterocycles. The third-order valence-electron chi connectivity index (χ3n) is 5.47. The van der Waals surface area contributed by atoms with Gasteiger partial charge in [0.2, 0.25) is 5.82 Å². The summed E-state index contributed by atoms with van der Waals surface area (Å²) < 4.78 is 6.60. The number of tetrazole rings is 1. The van der Waals surface area contributed by atoms with Crippen molar-refractivity contribution in [2.75, 3.05) is 6.61 Å². The number of aryl methyl sites for hydroxylation is 1. The third kappa shape index (κ3) is 4.93. The Morgan fingerprint density at radius 3 is 2.62 bits per heavy atom. The number of hydrogen-bond donors (Lipinski definition) is 1. The van der Waals surface area contributed by atoms with Gasteiger partial charge in [-0.1, -0.05) is 55.8 Å². The maximum Gasteiger partial charge on any atom is 0.345 e. The van der Waals surface area contributed by atoms with Crippen LogP contribution in [0.2, 0.25) is 0 Å². The highest BCUT2D eigenvalue weighted by Crippen LogP contribution is 2.31. The van der Waals surface area contributed by atoms with Crippen molar-refractivity contribution in [3.8, 4) is 22.5 Å². The molecule has 9 heteroatoms. The minimum Gasteiger partial charge on any atom is -0.462 e. The Morgan fingerprint density at radius 2 is 1.91 bits per heavy atom. The van der Waals surface area contributed by atoms with Crippen LogP contribution in [0.15, 0.2) is 59.5 Å². The lowest BCUT2D eigenvalue weighted by atomic mass is 9.97. The summed E-state index contributed by atoms with van der Waals surface area (Å²) >= 11 is 0. The van der Waals surface area contributed by atoms with Crippen LogP contribution in [0.25, 0.3) is 22.5 Å². The van der Waals surface area contributed by atoms with E-state index in [1.54, 1.807) is 11.5 Å². The lowest BCUT2D eigenvalue weighted by molar-refractivity contribution is 0.0522. The van der Waals surface area contributed by atoms with E-state index in [1.807, 2.05) is 48.5 Å². The number of nitrogens with one attached hydrogen (secondary N) is 1. The molecule has 0 saturated carbocycles. The van der Waals surface area contributed by atoms with Gasteiger partial charge >= 0.3 is 5.97 Å². The molecule has 9 nitrogen and oxygen atoms in total. The van der Waals surface area contributed by atoms with Crippen LogP contribution < -0.4 is 5.56 Å². The third-order valence-corrected chi connectivity index (χ3v) is 5.47. The zero-order valence-corrected chi connectivity index (χ0v) is 19.2. The number of hydrogen-bond acceptors (Lipinski definition) is 7. The molecular formula is C25H26N6O3. The van der Waals surface area contributed by atoms with E-state index in [-0.39, 0.29) is 18.7 Å². The zero-order chi connectivity index (χ0) is 23.9. The summed E-state index contributed by atoms with van der Waals surface area (Å²) in [5.41, 5.74) is 3.12. The van der Waals surface area contributed by atoms with Crippen molar-refractivity contribution >= 4 is 5.97 Å². The Hall–Kier alpha value is -4.14. The number of aromatic nitrogens is 6. The van der Waals surface area contributed by atoms with Crippen LogP contribution in [0, 0.1) is 0 Å². The van der Waals surface area contributed by atoms with Gasteiger partial charge in [-0.25, -0.2) is 9.78 Å². The summed E-state index contributed by atoms with van der Waals surface area (Å²) in [6.07, 6.45) is 3.80. The largest absolute Gasteiger partial charge is 0.462 e. The van der Waals surface area contributed by atoms with Gasteiger partial charge in [-0.05, 0) is 41.3 Å². The van der Waals surface area contributed by atoms with Gasteiger partial charge in [0, 0.05) is 18.2 Å². The molecule has 0 amide bonds. The molecule has 4 aromatic rings. The monoisotopic (exact) mass is 458 g/mol. The van der Waals surface area contributed by atoms with Crippen molar-refractivity contribution in [3.63, 3.8) is 0 Å². The van der Waals surface area contributed by atoms with Crippen LogP contribution in [0.5, 0.6) is 0 Å². The summed E-state index contributed by atoms with van der Waals surface area (Å²) in [5.74, 6) is 0.425. The Labute approximate surface area is 196 Å². The molecule has 1 N–H and O–H groups in total. The Kier molecular flexibility index (Phi) is 7.22. The number of esters is 1. The molecule has 2 aromatic carbocycles. The molecule has 0 fully saturated rings. The molecule has 0 saturated heterocycles. The fourth-order valence-electron chi connectivity index (χ4n) is 3.78.